The van der Waals surface area contributed by atoms with Gasteiger partial charge in [-0.05, 0) is 42.7 Å². The van der Waals surface area contributed by atoms with Gasteiger partial charge in [0.15, 0.2) is 5.82 Å². The van der Waals surface area contributed by atoms with E-state index in [4.69, 9.17) is 5.14 Å². The van der Waals surface area contributed by atoms with Gasteiger partial charge in [-0.3, -0.25) is 4.99 Å². The molecule has 1 aromatic carbocycles. The molecule has 1 aliphatic heterocycles. The van der Waals surface area contributed by atoms with E-state index in [1.807, 2.05) is 0 Å². The Morgan fingerprint density at radius 3 is 2.56 bits per heavy atom. The normalized spacial score (nSPS) is 16.4. The summed E-state index contributed by atoms with van der Waals surface area (Å²) >= 11 is 1.49. The first-order valence-corrected chi connectivity index (χ1v) is 13.0. The molecule has 2 aromatic heterocycles. The van der Waals surface area contributed by atoms with E-state index in [9.17, 15) is 21.6 Å². The summed E-state index contributed by atoms with van der Waals surface area (Å²) in [6, 6.07) is 8.71. The van der Waals surface area contributed by atoms with Gasteiger partial charge >= 0.3 is 6.18 Å². The molecule has 0 amide bonds. The van der Waals surface area contributed by atoms with Crippen LogP contribution in [0.4, 0.5) is 24.9 Å². The molecule has 0 saturated heterocycles. The zero-order valence-electron chi connectivity index (χ0n) is 18.7. The molecule has 1 aliphatic rings. The summed E-state index contributed by atoms with van der Waals surface area (Å²) in [6.45, 7) is 1.03. The summed E-state index contributed by atoms with van der Waals surface area (Å²) in [6.07, 6.45) is -4.47. The lowest BCUT2D eigenvalue weighted by atomic mass is 10.1. The number of rotatable bonds is 6. The van der Waals surface area contributed by atoms with Crippen molar-refractivity contribution < 1.29 is 21.6 Å². The van der Waals surface area contributed by atoms with Gasteiger partial charge in [-0.25, -0.2) is 23.5 Å². The standard InChI is InChI=1S/C22H20F3N7O2S2/c1-13(14-2-7-17(8-3-14)36(26,33)34)29-21-31-18-9-5-15(4-6-16-10-27-12-35-16)30-19(18)20(32-21)28-11-22(23,24)25/h2-3,5,7-9,12-13,16H,10-11H2,1H3,(H2,26,33,34)(H2,28,29,31,32)/t13-,16?/m1/s1. The predicted octanol–water partition coefficient (Wildman–Crippen LogP) is 3.31. The molecule has 3 heterocycles. The van der Waals surface area contributed by atoms with Crippen LogP contribution in [0.15, 0.2) is 46.3 Å². The molecule has 4 N–H and O–H groups in total. The third-order valence-corrected chi connectivity index (χ3v) is 6.78. The van der Waals surface area contributed by atoms with Gasteiger partial charge in [-0.1, -0.05) is 29.8 Å². The number of benzene rings is 1. The number of alkyl halides is 3. The molecular formula is C22H20F3N7O2S2. The van der Waals surface area contributed by atoms with E-state index in [-0.39, 0.29) is 27.4 Å². The Kier molecular flexibility index (Phi) is 7.34. The van der Waals surface area contributed by atoms with E-state index in [2.05, 4.69) is 42.4 Å². The van der Waals surface area contributed by atoms with Crippen molar-refractivity contribution >= 4 is 50.1 Å². The van der Waals surface area contributed by atoms with E-state index >= 15 is 0 Å². The number of pyridine rings is 1. The zero-order chi connectivity index (χ0) is 25.9. The molecule has 0 spiro atoms. The molecule has 0 fully saturated rings. The number of nitrogens with one attached hydrogen (secondary N) is 2. The number of aliphatic imine (C=N–C) groups is 1. The van der Waals surface area contributed by atoms with Crippen molar-refractivity contribution in [3.8, 4) is 11.8 Å². The molecule has 0 aliphatic carbocycles. The Labute approximate surface area is 209 Å². The fourth-order valence-corrected chi connectivity index (χ4v) is 4.34. The highest BCUT2D eigenvalue weighted by Crippen LogP contribution is 2.25. The number of nitrogens with zero attached hydrogens (tertiary/aromatic N) is 4. The highest BCUT2D eigenvalue weighted by atomic mass is 32.2. The number of aromatic nitrogens is 3. The predicted molar refractivity (Wildman–Crippen MR) is 133 cm³/mol. The number of halogens is 3. The van der Waals surface area contributed by atoms with Gasteiger partial charge in [-0.2, -0.15) is 18.2 Å². The average molecular weight is 536 g/mol. The molecule has 36 heavy (non-hydrogen) atoms. The van der Waals surface area contributed by atoms with Crippen LogP contribution in [-0.4, -0.2) is 53.4 Å². The minimum Gasteiger partial charge on any atom is -0.359 e. The van der Waals surface area contributed by atoms with E-state index in [0.717, 1.165) is 0 Å². The lowest BCUT2D eigenvalue weighted by Gasteiger charge is -2.17. The van der Waals surface area contributed by atoms with Gasteiger partial charge in [0.05, 0.1) is 33.8 Å². The van der Waals surface area contributed by atoms with Crippen LogP contribution >= 0.6 is 11.8 Å². The lowest BCUT2D eigenvalue weighted by molar-refractivity contribution is -0.115. The van der Waals surface area contributed by atoms with Crippen LogP contribution in [0.25, 0.3) is 11.0 Å². The maximum Gasteiger partial charge on any atom is 0.405 e. The SMILES string of the molecule is C[C@@H](Nc1nc(NCC(F)(F)F)c2nc(C#CC3CN=CS3)ccc2n1)c1ccc(S(N)(=O)=O)cc1. The third-order valence-electron chi connectivity index (χ3n) is 4.98. The van der Waals surface area contributed by atoms with E-state index in [1.165, 1.54) is 23.9 Å². The quantitative estimate of drug-likeness (QED) is 0.409. The maximum absolute atomic E-state index is 12.9. The summed E-state index contributed by atoms with van der Waals surface area (Å²) in [5.41, 5.74) is 3.26. The largest absolute Gasteiger partial charge is 0.405 e. The van der Waals surface area contributed by atoms with Crippen molar-refractivity contribution in [1.82, 2.24) is 15.0 Å². The van der Waals surface area contributed by atoms with E-state index in [1.54, 1.807) is 36.7 Å². The second-order valence-electron chi connectivity index (χ2n) is 7.77. The van der Waals surface area contributed by atoms with Crippen molar-refractivity contribution in [1.29, 1.82) is 0 Å². The van der Waals surface area contributed by atoms with Gasteiger partial charge in [-0.15, -0.1) is 0 Å². The smallest absolute Gasteiger partial charge is 0.359 e. The van der Waals surface area contributed by atoms with Crippen LogP contribution in [-0.2, 0) is 10.0 Å². The molecular weight excluding hydrogens is 515 g/mol. The second-order valence-corrected chi connectivity index (χ2v) is 10.4. The lowest BCUT2D eigenvalue weighted by Crippen LogP contribution is -2.22. The van der Waals surface area contributed by atoms with Crippen LogP contribution in [0, 0.1) is 11.8 Å². The first kappa shape index (κ1) is 25.7. The molecule has 14 heteroatoms. The fraction of sp³-hybridized carbons (Fsp3) is 0.273. The Balaban J connectivity index is 1.63. The van der Waals surface area contributed by atoms with Crippen molar-refractivity contribution in [2.75, 3.05) is 23.7 Å². The first-order chi connectivity index (χ1) is 17.0. The fourth-order valence-electron chi connectivity index (χ4n) is 3.21. The van der Waals surface area contributed by atoms with Gasteiger partial charge < -0.3 is 10.6 Å². The molecule has 1 unspecified atom stereocenters. The Hall–Kier alpha value is -3.41. The van der Waals surface area contributed by atoms with Crippen molar-refractivity contribution in [3.05, 3.63) is 47.7 Å². The number of nitrogens with two attached hydrogens (primary N) is 1. The van der Waals surface area contributed by atoms with Gasteiger partial charge in [0.2, 0.25) is 16.0 Å². The Morgan fingerprint density at radius 2 is 1.92 bits per heavy atom. The monoisotopic (exact) mass is 535 g/mol. The van der Waals surface area contributed by atoms with Gasteiger partial charge in [0.25, 0.3) is 0 Å². The molecule has 2 atom stereocenters. The highest BCUT2D eigenvalue weighted by Gasteiger charge is 2.27. The summed E-state index contributed by atoms with van der Waals surface area (Å²) in [7, 11) is -3.83. The number of anilines is 2. The van der Waals surface area contributed by atoms with Crippen LogP contribution in [0.3, 0.4) is 0 Å². The van der Waals surface area contributed by atoms with Crippen molar-refractivity contribution in [3.63, 3.8) is 0 Å². The van der Waals surface area contributed by atoms with Crippen LogP contribution in [0.1, 0.15) is 24.2 Å². The molecule has 4 rings (SSSR count). The first-order valence-electron chi connectivity index (χ1n) is 10.5. The number of sulfonamides is 1. The van der Waals surface area contributed by atoms with E-state index < -0.39 is 28.8 Å². The number of hydrogen-bond acceptors (Lipinski definition) is 9. The van der Waals surface area contributed by atoms with Gasteiger partial charge in [0, 0.05) is 0 Å². The molecule has 9 nitrogen and oxygen atoms in total. The summed E-state index contributed by atoms with van der Waals surface area (Å²) in [5, 5.41) is 10.5. The second kappa shape index (κ2) is 10.3. The topological polar surface area (TPSA) is 135 Å². The maximum atomic E-state index is 12.9. The van der Waals surface area contributed by atoms with E-state index in [0.29, 0.717) is 23.3 Å². The molecule has 3 aromatic rings. The Morgan fingerprint density at radius 1 is 1.17 bits per heavy atom. The number of hydrogen-bond donors (Lipinski definition) is 3. The minimum absolute atomic E-state index is 0.00802. The number of primary sulfonamides is 1. The molecule has 188 valence electrons. The van der Waals surface area contributed by atoms with Crippen molar-refractivity contribution in [2.24, 2.45) is 10.1 Å². The molecule has 0 saturated carbocycles. The number of thioether (sulfide) groups is 1. The van der Waals surface area contributed by atoms with Crippen molar-refractivity contribution in [2.45, 2.75) is 29.3 Å². The highest BCUT2D eigenvalue weighted by molar-refractivity contribution is 8.13. The molecule has 0 bridgehead atoms. The average Bonchev–Trinajstić information content (AvgIpc) is 3.34. The summed E-state index contributed by atoms with van der Waals surface area (Å²) < 4.78 is 61.7. The van der Waals surface area contributed by atoms with Crippen LogP contribution < -0.4 is 15.8 Å². The zero-order valence-corrected chi connectivity index (χ0v) is 20.4. The third kappa shape index (κ3) is 6.62. The number of fused-ring (bicyclic) bond motifs is 1. The van der Waals surface area contributed by atoms with Crippen LogP contribution in [0.5, 0.6) is 0 Å². The van der Waals surface area contributed by atoms with Crippen LogP contribution in [0.2, 0.25) is 0 Å². The summed E-state index contributed by atoms with van der Waals surface area (Å²) in [4.78, 5) is 17.0. The summed E-state index contributed by atoms with van der Waals surface area (Å²) in [5.74, 6) is 5.93. The minimum atomic E-state index is -4.47. The molecule has 0 radical (unpaired) electrons. The Bertz CT molecular complexity index is 1460. The van der Waals surface area contributed by atoms with Gasteiger partial charge in [0.1, 0.15) is 17.8 Å².